The SMILES string of the molecule is CC#CCNc1ncc(Br)c(C(=O)O)n1. The zero-order chi connectivity index (χ0) is 11.3. The normalized spacial score (nSPS) is 8.93. The van der Waals surface area contributed by atoms with E-state index in [4.69, 9.17) is 5.11 Å². The fourth-order valence-corrected chi connectivity index (χ4v) is 1.17. The van der Waals surface area contributed by atoms with Gasteiger partial charge in [0.1, 0.15) is 0 Å². The zero-order valence-corrected chi connectivity index (χ0v) is 9.50. The Morgan fingerprint density at radius 2 is 2.47 bits per heavy atom. The highest BCUT2D eigenvalue weighted by molar-refractivity contribution is 9.10. The molecule has 0 fully saturated rings. The molecule has 0 bridgehead atoms. The van der Waals surface area contributed by atoms with Crippen molar-refractivity contribution in [2.75, 3.05) is 11.9 Å². The van der Waals surface area contributed by atoms with Crippen LogP contribution in [0.2, 0.25) is 0 Å². The van der Waals surface area contributed by atoms with Crippen LogP contribution in [0.4, 0.5) is 5.95 Å². The summed E-state index contributed by atoms with van der Waals surface area (Å²) in [7, 11) is 0. The average molecular weight is 270 g/mol. The first-order valence-corrected chi connectivity index (χ1v) is 4.83. The Hall–Kier alpha value is -1.61. The Labute approximate surface area is 95.1 Å². The number of anilines is 1. The van der Waals surface area contributed by atoms with E-state index in [1.807, 2.05) is 0 Å². The Balaban J connectivity index is 2.86. The molecule has 0 aliphatic heterocycles. The summed E-state index contributed by atoms with van der Waals surface area (Å²) in [5.41, 5.74) is -0.0723. The first-order chi connectivity index (χ1) is 7.15. The molecule has 0 aliphatic carbocycles. The van der Waals surface area contributed by atoms with Crippen molar-refractivity contribution in [1.82, 2.24) is 9.97 Å². The topological polar surface area (TPSA) is 75.1 Å². The molecule has 0 radical (unpaired) electrons. The molecule has 0 amide bonds. The van der Waals surface area contributed by atoms with Crippen LogP contribution in [0.1, 0.15) is 17.4 Å². The van der Waals surface area contributed by atoms with Gasteiger partial charge in [0.2, 0.25) is 5.95 Å². The highest BCUT2D eigenvalue weighted by atomic mass is 79.9. The second-order valence-electron chi connectivity index (χ2n) is 2.48. The van der Waals surface area contributed by atoms with Gasteiger partial charge in [-0.3, -0.25) is 0 Å². The molecule has 0 aliphatic rings. The average Bonchev–Trinajstić information content (AvgIpc) is 2.20. The van der Waals surface area contributed by atoms with Crippen LogP contribution in [-0.2, 0) is 0 Å². The standard InChI is InChI=1S/C9H8BrN3O2/c1-2-3-4-11-9-12-5-6(10)7(13-9)8(14)15/h5H,4H2,1H3,(H,14,15)(H,11,12,13). The van der Waals surface area contributed by atoms with Crippen molar-refractivity contribution in [1.29, 1.82) is 0 Å². The lowest BCUT2D eigenvalue weighted by Crippen LogP contribution is -2.08. The number of aromatic nitrogens is 2. The highest BCUT2D eigenvalue weighted by Crippen LogP contribution is 2.14. The van der Waals surface area contributed by atoms with E-state index >= 15 is 0 Å². The third-order valence-corrected chi connectivity index (χ3v) is 2.04. The van der Waals surface area contributed by atoms with E-state index < -0.39 is 5.97 Å². The quantitative estimate of drug-likeness (QED) is 0.811. The Kier molecular flexibility index (Phi) is 4.06. The third-order valence-electron chi connectivity index (χ3n) is 1.46. The van der Waals surface area contributed by atoms with E-state index in [2.05, 4.69) is 43.1 Å². The second-order valence-corrected chi connectivity index (χ2v) is 3.33. The number of nitrogens with zero attached hydrogens (tertiary/aromatic N) is 2. The number of rotatable bonds is 3. The minimum Gasteiger partial charge on any atom is -0.476 e. The third kappa shape index (κ3) is 3.22. The fourth-order valence-electron chi connectivity index (χ4n) is 0.814. The number of carbonyl (C=O) groups is 1. The molecule has 0 aromatic carbocycles. The van der Waals surface area contributed by atoms with E-state index in [0.29, 0.717) is 11.0 Å². The van der Waals surface area contributed by atoms with Crippen molar-refractivity contribution in [3.63, 3.8) is 0 Å². The summed E-state index contributed by atoms with van der Waals surface area (Å²) in [6.45, 7) is 2.10. The maximum absolute atomic E-state index is 10.7. The minimum absolute atomic E-state index is 0.0723. The summed E-state index contributed by atoms with van der Waals surface area (Å²) in [6, 6.07) is 0. The molecule has 15 heavy (non-hydrogen) atoms. The van der Waals surface area contributed by atoms with E-state index in [1.54, 1.807) is 6.92 Å². The lowest BCUT2D eigenvalue weighted by atomic mass is 10.4. The first kappa shape index (κ1) is 11.5. The summed E-state index contributed by atoms with van der Waals surface area (Å²) in [5.74, 6) is 4.60. The van der Waals surface area contributed by atoms with E-state index in [1.165, 1.54) is 6.20 Å². The summed E-state index contributed by atoms with van der Waals surface area (Å²) in [6.07, 6.45) is 1.39. The number of hydrogen-bond donors (Lipinski definition) is 2. The molecule has 0 atom stereocenters. The highest BCUT2D eigenvalue weighted by Gasteiger charge is 2.11. The van der Waals surface area contributed by atoms with Gasteiger partial charge in [-0.2, -0.15) is 0 Å². The van der Waals surface area contributed by atoms with Gasteiger partial charge in [0.05, 0.1) is 11.0 Å². The van der Waals surface area contributed by atoms with Crippen LogP contribution >= 0.6 is 15.9 Å². The molecule has 78 valence electrons. The molecule has 1 rings (SSSR count). The smallest absolute Gasteiger partial charge is 0.355 e. The number of hydrogen-bond acceptors (Lipinski definition) is 4. The molecule has 0 saturated heterocycles. The van der Waals surface area contributed by atoms with Gasteiger partial charge in [-0.25, -0.2) is 14.8 Å². The van der Waals surface area contributed by atoms with Crippen molar-refractivity contribution in [3.8, 4) is 11.8 Å². The van der Waals surface area contributed by atoms with Gasteiger partial charge in [0, 0.05) is 6.20 Å². The monoisotopic (exact) mass is 269 g/mol. The van der Waals surface area contributed by atoms with Gasteiger partial charge < -0.3 is 10.4 Å². The van der Waals surface area contributed by atoms with Gasteiger partial charge in [0.15, 0.2) is 5.69 Å². The van der Waals surface area contributed by atoms with Gasteiger partial charge in [-0.15, -0.1) is 5.92 Å². The largest absolute Gasteiger partial charge is 0.476 e. The van der Waals surface area contributed by atoms with Crippen LogP contribution in [0, 0.1) is 11.8 Å². The number of carboxylic acids is 1. The number of carboxylic acid groups (broad SMARTS) is 1. The van der Waals surface area contributed by atoms with Crippen molar-refractivity contribution in [2.24, 2.45) is 0 Å². The van der Waals surface area contributed by atoms with Crippen molar-refractivity contribution < 1.29 is 9.90 Å². The predicted octanol–water partition coefficient (Wildman–Crippen LogP) is 1.37. The summed E-state index contributed by atoms with van der Waals surface area (Å²) >= 11 is 3.05. The Morgan fingerprint density at radius 3 is 3.07 bits per heavy atom. The molecule has 0 saturated carbocycles. The number of nitrogens with one attached hydrogen (secondary N) is 1. The zero-order valence-electron chi connectivity index (χ0n) is 7.91. The second kappa shape index (κ2) is 5.32. The summed E-state index contributed by atoms with van der Waals surface area (Å²) in [4.78, 5) is 18.4. The van der Waals surface area contributed by atoms with Crippen LogP contribution in [0.3, 0.4) is 0 Å². The molecule has 0 unspecified atom stereocenters. The fraction of sp³-hybridized carbons (Fsp3) is 0.222. The van der Waals surface area contributed by atoms with Crippen LogP contribution in [-0.4, -0.2) is 27.6 Å². The molecule has 5 nitrogen and oxygen atoms in total. The molecular formula is C9H8BrN3O2. The van der Waals surface area contributed by atoms with Crippen LogP contribution < -0.4 is 5.32 Å². The Morgan fingerprint density at radius 1 is 1.73 bits per heavy atom. The summed E-state index contributed by atoms with van der Waals surface area (Å²) < 4.78 is 0.349. The first-order valence-electron chi connectivity index (χ1n) is 4.04. The van der Waals surface area contributed by atoms with Crippen molar-refractivity contribution >= 4 is 27.8 Å². The molecule has 1 aromatic heterocycles. The molecule has 0 spiro atoms. The van der Waals surface area contributed by atoms with Crippen LogP contribution in [0.5, 0.6) is 0 Å². The molecular weight excluding hydrogens is 262 g/mol. The van der Waals surface area contributed by atoms with Crippen molar-refractivity contribution in [2.45, 2.75) is 6.92 Å². The van der Waals surface area contributed by atoms with Gasteiger partial charge in [0.25, 0.3) is 0 Å². The van der Waals surface area contributed by atoms with E-state index in [9.17, 15) is 4.79 Å². The summed E-state index contributed by atoms with van der Waals surface area (Å²) in [5, 5.41) is 11.6. The maximum Gasteiger partial charge on any atom is 0.355 e. The number of aromatic carboxylic acids is 1. The van der Waals surface area contributed by atoms with Crippen molar-refractivity contribution in [3.05, 3.63) is 16.4 Å². The van der Waals surface area contributed by atoms with Crippen LogP contribution in [0.15, 0.2) is 10.7 Å². The predicted molar refractivity (Wildman–Crippen MR) is 58.6 cm³/mol. The molecule has 6 heteroatoms. The van der Waals surface area contributed by atoms with Crippen LogP contribution in [0.25, 0.3) is 0 Å². The number of halogens is 1. The van der Waals surface area contributed by atoms with E-state index in [0.717, 1.165) is 0 Å². The lowest BCUT2D eigenvalue weighted by Gasteiger charge is -2.02. The molecule has 1 aromatic rings. The molecule has 1 heterocycles. The Bertz CT molecular complexity index is 437. The minimum atomic E-state index is -1.10. The van der Waals surface area contributed by atoms with Gasteiger partial charge in [-0.05, 0) is 22.9 Å². The van der Waals surface area contributed by atoms with Gasteiger partial charge >= 0.3 is 5.97 Å². The van der Waals surface area contributed by atoms with E-state index in [-0.39, 0.29) is 11.6 Å². The van der Waals surface area contributed by atoms with Gasteiger partial charge in [-0.1, -0.05) is 5.92 Å². The lowest BCUT2D eigenvalue weighted by molar-refractivity contribution is 0.0689. The molecule has 2 N–H and O–H groups in total. The maximum atomic E-state index is 10.7.